The second kappa shape index (κ2) is 7.51. The molecule has 0 radical (unpaired) electrons. The number of hydrogen-bond donors (Lipinski definition) is 2. The van der Waals surface area contributed by atoms with E-state index in [9.17, 15) is 4.39 Å². The van der Waals surface area contributed by atoms with Crippen molar-refractivity contribution in [2.45, 2.75) is 6.92 Å². The summed E-state index contributed by atoms with van der Waals surface area (Å²) in [7, 11) is 3.50. The summed E-state index contributed by atoms with van der Waals surface area (Å²) in [5.74, 6) is 1.57. The minimum absolute atomic E-state index is 0.379. The molecule has 2 N–H and O–H groups in total. The van der Waals surface area contributed by atoms with Gasteiger partial charge in [-0.25, -0.2) is 19.3 Å². The number of methoxy groups -OCH3 is 1. The van der Waals surface area contributed by atoms with Crippen LogP contribution >= 0.6 is 0 Å². The zero-order valence-corrected chi connectivity index (χ0v) is 18.7. The highest BCUT2D eigenvalue weighted by atomic mass is 19.1. The molecule has 2 aromatic carbocycles. The van der Waals surface area contributed by atoms with E-state index in [1.54, 1.807) is 12.3 Å². The summed E-state index contributed by atoms with van der Waals surface area (Å²) in [4.78, 5) is 16.9. The molecule has 0 saturated heterocycles. The molecular formula is C25H20FN7O. The molecule has 0 aliphatic rings. The average Bonchev–Trinajstić information content (AvgIpc) is 3.54. The maximum atomic E-state index is 14.2. The van der Waals surface area contributed by atoms with Crippen molar-refractivity contribution in [3.8, 4) is 39.7 Å². The van der Waals surface area contributed by atoms with Gasteiger partial charge in [0.15, 0.2) is 11.5 Å². The normalized spacial score (nSPS) is 11.5. The maximum absolute atomic E-state index is 14.2. The molecule has 0 saturated carbocycles. The van der Waals surface area contributed by atoms with Crippen molar-refractivity contribution >= 4 is 22.1 Å². The average molecular weight is 453 g/mol. The lowest BCUT2D eigenvalue weighted by molar-refractivity contribution is 0.411. The van der Waals surface area contributed by atoms with Gasteiger partial charge in [0.05, 0.1) is 30.0 Å². The third-order valence-corrected chi connectivity index (χ3v) is 6.11. The molecule has 0 spiro atoms. The fourth-order valence-corrected chi connectivity index (χ4v) is 4.22. The van der Waals surface area contributed by atoms with E-state index in [0.29, 0.717) is 34.0 Å². The molecule has 168 valence electrons. The Hall–Kier alpha value is -4.53. The number of aromatic nitrogens is 7. The Kier molecular flexibility index (Phi) is 4.44. The third-order valence-electron chi connectivity index (χ3n) is 6.11. The van der Waals surface area contributed by atoms with Gasteiger partial charge >= 0.3 is 0 Å². The summed E-state index contributed by atoms with van der Waals surface area (Å²) in [6.45, 7) is 1.97. The van der Waals surface area contributed by atoms with Crippen molar-refractivity contribution in [2.75, 3.05) is 7.11 Å². The van der Waals surface area contributed by atoms with Crippen molar-refractivity contribution in [3.05, 3.63) is 66.5 Å². The first-order chi connectivity index (χ1) is 16.5. The highest BCUT2D eigenvalue weighted by Gasteiger charge is 2.17. The lowest BCUT2D eigenvalue weighted by atomic mass is 10.1. The fourth-order valence-electron chi connectivity index (χ4n) is 4.22. The van der Waals surface area contributed by atoms with Crippen molar-refractivity contribution < 1.29 is 9.13 Å². The van der Waals surface area contributed by atoms with E-state index in [1.165, 1.54) is 19.2 Å². The number of ether oxygens (including phenoxy) is 1. The third kappa shape index (κ3) is 3.13. The molecule has 0 bridgehead atoms. The van der Waals surface area contributed by atoms with Gasteiger partial charge in [0, 0.05) is 35.8 Å². The van der Waals surface area contributed by atoms with Crippen molar-refractivity contribution in [3.63, 3.8) is 0 Å². The number of aromatic amines is 2. The monoisotopic (exact) mass is 453 g/mol. The molecule has 4 heterocycles. The Morgan fingerprint density at radius 2 is 1.91 bits per heavy atom. The number of fused-ring (bicyclic) bond motifs is 2. The van der Waals surface area contributed by atoms with Crippen LogP contribution in [0.25, 0.3) is 56.0 Å². The Morgan fingerprint density at radius 1 is 1.03 bits per heavy atom. The summed E-state index contributed by atoms with van der Waals surface area (Å²) in [5, 5.41) is 8.52. The Labute approximate surface area is 193 Å². The molecule has 0 atom stereocenters. The Morgan fingerprint density at radius 3 is 2.71 bits per heavy atom. The minimum atomic E-state index is -0.379. The summed E-state index contributed by atoms with van der Waals surface area (Å²) < 4.78 is 21.5. The van der Waals surface area contributed by atoms with Crippen LogP contribution in [0.1, 0.15) is 5.82 Å². The van der Waals surface area contributed by atoms with E-state index in [1.807, 2.05) is 42.9 Å². The largest absolute Gasteiger partial charge is 0.497 e. The van der Waals surface area contributed by atoms with Crippen molar-refractivity contribution in [1.82, 2.24) is 34.7 Å². The zero-order valence-electron chi connectivity index (χ0n) is 18.7. The van der Waals surface area contributed by atoms with Crippen LogP contribution in [0.3, 0.4) is 0 Å². The van der Waals surface area contributed by atoms with Gasteiger partial charge in [0.25, 0.3) is 0 Å². The van der Waals surface area contributed by atoms with Crippen LogP contribution in [-0.2, 0) is 7.05 Å². The van der Waals surface area contributed by atoms with Gasteiger partial charge in [-0.3, -0.25) is 5.10 Å². The molecule has 9 heteroatoms. The second-order valence-corrected chi connectivity index (χ2v) is 8.10. The molecule has 6 aromatic rings. The van der Waals surface area contributed by atoms with Gasteiger partial charge in [-0.15, -0.1) is 0 Å². The smallest absolute Gasteiger partial charge is 0.178 e. The van der Waals surface area contributed by atoms with E-state index in [4.69, 9.17) is 4.74 Å². The molecule has 8 nitrogen and oxygen atoms in total. The molecule has 0 fully saturated rings. The quantitative estimate of drug-likeness (QED) is 0.390. The van der Waals surface area contributed by atoms with Gasteiger partial charge in [-0.2, -0.15) is 5.10 Å². The molecule has 0 unspecified atom stereocenters. The Bertz CT molecular complexity index is 1690. The number of imidazole rings is 2. The van der Waals surface area contributed by atoms with Gasteiger partial charge in [0.2, 0.25) is 0 Å². The van der Waals surface area contributed by atoms with E-state index in [0.717, 1.165) is 33.5 Å². The topological polar surface area (TPSA) is 97.3 Å². The van der Waals surface area contributed by atoms with Crippen LogP contribution in [0.2, 0.25) is 0 Å². The number of hydrogen-bond acceptors (Lipinski definition) is 5. The van der Waals surface area contributed by atoms with E-state index in [-0.39, 0.29) is 5.82 Å². The van der Waals surface area contributed by atoms with E-state index in [2.05, 4.69) is 36.2 Å². The zero-order chi connectivity index (χ0) is 23.4. The van der Waals surface area contributed by atoms with Crippen LogP contribution in [0.15, 0.2) is 54.9 Å². The van der Waals surface area contributed by atoms with Crippen molar-refractivity contribution in [2.24, 2.45) is 7.05 Å². The molecular weight excluding hydrogens is 433 g/mol. The summed E-state index contributed by atoms with van der Waals surface area (Å²) in [5.41, 5.74) is 6.26. The van der Waals surface area contributed by atoms with Crippen LogP contribution in [0.4, 0.5) is 4.39 Å². The number of rotatable bonds is 4. The molecule has 0 aliphatic carbocycles. The van der Waals surface area contributed by atoms with Crippen LogP contribution < -0.4 is 4.74 Å². The predicted molar refractivity (Wildman–Crippen MR) is 128 cm³/mol. The first kappa shape index (κ1) is 20.1. The predicted octanol–water partition coefficient (Wildman–Crippen LogP) is 5.02. The molecule has 4 aromatic heterocycles. The minimum Gasteiger partial charge on any atom is -0.497 e. The first-order valence-electron chi connectivity index (χ1n) is 10.7. The standard InChI is InChI=1S/C25H20FN7O/c1-13-28-12-21(33(13)2)14-4-5-20-19(10-14)23(32-31-20)25-29-22-18(6-7-27-24(22)30-25)15-8-16(26)11-17(9-15)34-3/h4-12H,1-3H3,(H,31,32)(H,27,29,30). The molecule has 0 amide bonds. The number of benzene rings is 2. The molecule has 0 aliphatic heterocycles. The fraction of sp³-hybridized carbons (Fsp3) is 0.120. The van der Waals surface area contributed by atoms with Crippen LogP contribution in [0.5, 0.6) is 5.75 Å². The summed E-state index contributed by atoms with van der Waals surface area (Å²) >= 11 is 0. The second-order valence-electron chi connectivity index (χ2n) is 8.10. The highest BCUT2D eigenvalue weighted by molar-refractivity contribution is 5.97. The number of pyridine rings is 1. The number of nitrogens with one attached hydrogen (secondary N) is 2. The van der Waals surface area contributed by atoms with E-state index < -0.39 is 0 Å². The van der Waals surface area contributed by atoms with Gasteiger partial charge in [0.1, 0.15) is 23.1 Å². The van der Waals surface area contributed by atoms with Crippen molar-refractivity contribution in [1.29, 1.82) is 0 Å². The number of aryl methyl sites for hydroxylation is 1. The van der Waals surface area contributed by atoms with Gasteiger partial charge in [-0.1, -0.05) is 6.07 Å². The summed E-state index contributed by atoms with van der Waals surface area (Å²) in [6.07, 6.45) is 3.52. The first-order valence-corrected chi connectivity index (χ1v) is 10.7. The Balaban J connectivity index is 1.50. The van der Waals surface area contributed by atoms with Crippen LogP contribution in [-0.4, -0.2) is 41.8 Å². The van der Waals surface area contributed by atoms with Gasteiger partial charge in [-0.05, 0) is 42.8 Å². The lowest BCUT2D eigenvalue weighted by Crippen LogP contribution is -1.94. The lowest BCUT2D eigenvalue weighted by Gasteiger charge is -2.06. The van der Waals surface area contributed by atoms with Crippen LogP contribution in [0, 0.1) is 12.7 Å². The SMILES string of the molecule is COc1cc(F)cc(-c2ccnc3nc(-c4n[nH]c5ccc(-c6cnc(C)n6C)cc45)[nH]c23)c1. The number of halogens is 1. The number of H-pyrrole nitrogens is 2. The maximum Gasteiger partial charge on any atom is 0.178 e. The summed E-state index contributed by atoms with van der Waals surface area (Å²) in [6, 6.07) is 12.5. The number of nitrogens with zero attached hydrogens (tertiary/aromatic N) is 5. The highest BCUT2D eigenvalue weighted by Crippen LogP contribution is 2.33. The molecule has 34 heavy (non-hydrogen) atoms. The van der Waals surface area contributed by atoms with Gasteiger partial charge < -0.3 is 14.3 Å². The molecule has 6 rings (SSSR count). The van der Waals surface area contributed by atoms with E-state index >= 15 is 0 Å².